The molecule has 132 valence electrons. The van der Waals surface area contributed by atoms with Crippen LogP contribution in [0.2, 0.25) is 0 Å². The van der Waals surface area contributed by atoms with Gasteiger partial charge < -0.3 is 9.64 Å². The zero-order valence-corrected chi connectivity index (χ0v) is 14.9. The zero-order valence-electron chi connectivity index (χ0n) is 14.9. The Balaban J connectivity index is 1.61. The van der Waals surface area contributed by atoms with E-state index in [0.29, 0.717) is 13.2 Å². The lowest BCUT2D eigenvalue weighted by atomic mass is 10.2. The summed E-state index contributed by atoms with van der Waals surface area (Å²) in [6.07, 6.45) is 5.09. The zero-order chi connectivity index (χ0) is 16.9. The minimum absolute atomic E-state index is 0.532. The average Bonchev–Trinajstić information content (AvgIpc) is 3.04. The number of fused-ring (bicyclic) bond motifs is 1. The number of rotatable bonds is 7. The Morgan fingerprint density at radius 2 is 2.17 bits per heavy atom. The summed E-state index contributed by atoms with van der Waals surface area (Å²) in [6.45, 7) is 5.89. The molecule has 0 aliphatic carbocycles. The molecule has 0 spiro atoms. The predicted octanol–water partition coefficient (Wildman–Crippen LogP) is 0.496. The van der Waals surface area contributed by atoms with Crippen molar-refractivity contribution in [2.45, 2.75) is 32.7 Å². The average molecular weight is 333 g/mol. The fraction of sp³-hybridized carbons (Fsp3) is 0.688. The van der Waals surface area contributed by atoms with E-state index in [2.05, 4.69) is 31.4 Å². The van der Waals surface area contributed by atoms with Crippen LogP contribution in [-0.2, 0) is 38.0 Å². The molecule has 0 radical (unpaired) electrons. The number of likely N-dealkylation sites (N-methyl/N-ethyl adjacent to an activating group) is 1. The van der Waals surface area contributed by atoms with Crippen LogP contribution in [0.25, 0.3) is 0 Å². The standard InChI is InChI=1S/C16H27N7O/c1-20(2)7-8-24-13-15-16-12-22(5-4-6-23(16)19-18-15)11-14-9-17-21(3)10-14/h9-10H,4-8,11-13H2,1-3H3. The fourth-order valence-electron chi connectivity index (χ4n) is 2.93. The molecule has 0 N–H and O–H groups in total. The lowest BCUT2D eigenvalue weighted by Gasteiger charge is -2.19. The number of aromatic nitrogens is 5. The third-order valence-corrected chi connectivity index (χ3v) is 4.22. The first-order chi connectivity index (χ1) is 11.6. The van der Waals surface area contributed by atoms with Gasteiger partial charge >= 0.3 is 0 Å². The summed E-state index contributed by atoms with van der Waals surface area (Å²) < 4.78 is 9.65. The largest absolute Gasteiger partial charge is 0.374 e. The van der Waals surface area contributed by atoms with Crippen molar-refractivity contribution in [1.29, 1.82) is 0 Å². The van der Waals surface area contributed by atoms with E-state index in [-0.39, 0.29) is 0 Å². The van der Waals surface area contributed by atoms with Gasteiger partial charge in [0.15, 0.2) is 0 Å². The van der Waals surface area contributed by atoms with E-state index in [1.165, 1.54) is 11.3 Å². The van der Waals surface area contributed by atoms with Gasteiger partial charge in [-0.15, -0.1) is 5.10 Å². The monoisotopic (exact) mass is 333 g/mol. The van der Waals surface area contributed by atoms with Crippen molar-refractivity contribution >= 4 is 0 Å². The summed E-state index contributed by atoms with van der Waals surface area (Å²) in [4.78, 5) is 4.55. The molecule has 24 heavy (non-hydrogen) atoms. The Labute approximate surface area is 143 Å². The third kappa shape index (κ3) is 4.40. The second-order valence-corrected chi connectivity index (χ2v) is 6.65. The lowest BCUT2D eigenvalue weighted by molar-refractivity contribution is 0.102. The van der Waals surface area contributed by atoms with Gasteiger partial charge in [0.1, 0.15) is 5.69 Å². The highest BCUT2D eigenvalue weighted by atomic mass is 16.5. The summed E-state index contributed by atoms with van der Waals surface area (Å²) >= 11 is 0. The van der Waals surface area contributed by atoms with Gasteiger partial charge in [-0.1, -0.05) is 5.21 Å². The molecule has 0 amide bonds. The van der Waals surface area contributed by atoms with E-state index in [1.807, 2.05) is 36.7 Å². The van der Waals surface area contributed by atoms with Gasteiger partial charge in [0.25, 0.3) is 0 Å². The van der Waals surface area contributed by atoms with Crippen molar-refractivity contribution in [2.24, 2.45) is 7.05 Å². The van der Waals surface area contributed by atoms with Crippen LogP contribution >= 0.6 is 0 Å². The van der Waals surface area contributed by atoms with Crippen molar-refractivity contribution in [3.05, 3.63) is 29.3 Å². The minimum atomic E-state index is 0.532. The van der Waals surface area contributed by atoms with E-state index in [4.69, 9.17) is 4.74 Å². The molecule has 0 saturated carbocycles. The van der Waals surface area contributed by atoms with Gasteiger partial charge in [-0.05, 0) is 20.5 Å². The Hall–Kier alpha value is -1.77. The maximum absolute atomic E-state index is 5.76. The highest BCUT2D eigenvalue weighted by molar-refractivity contribution is 5.11. The Morgan fingerprint density at radius 3 is 2.92 bits per heavy atom. The first kappa shape index (κ1) is 17.1. The normalized spacial score (nSPS) is 15.7. The van der Waals surface area contributed by atoms with Crippen molar-refractivity contribution in [2.75, 3.05) is 33.8 Å². The Morgan fingerprint density at radius 1 is 1.29 bits per heavy atom. The maximum atomic E-state index is 5.76. The first-order valence-electron chi connectivity index (χ1n) is 8.45. The van der Waals surface area contributed by atoms with Crippen LogP contribution in [-0.4, -0.2) is 68.4 Å². The molecule has 1 aliphatic heterocycles. The van der Waals surface area contributed by atoms with Crippen LogP contribution in [0.3, 0.4) is 0 Å². The van der Waals surface area contributed by atoms with Crippen molar-refractivity contribution < 1.29 is 4.74 Å². The summed E-state index contributed by atoms with van der Waals surface area (Å²) in [5.41, 5.74) is 3.38. The molecular formula is C16H27N7O. The number of hydrogen-bond acceptors (Lipinski definition) is 6. The van der Waals surface area contributed by atoms with Crippen LogP contribution in [0, 0.1) is 0 Å². The summed E-state index contributed by atoms with van der Waals surface area (Å²) in [5, 5.41) is 12.9. The van der Waals surface area contributed by atoms with E-state index in [1.54, 1.807) is 0 Å². The second-order valence-electron chi connectivity index (χ2n) is 6.65. The summed E-state index contributed by atoms with van der Waals surface area (Å²) in [6, 6.07) is 0. The molecule has 0 unspecified atom stereocenters. The highest BCUT2D eigenvalue weighted by Gasteiger charge is 2.20. The number of hydrogen-bond donors (Lipinski definition) is 0. The molecule has 2 aromatic heterocycles. The van der Waals surface area contributed by atoms with Gasteiger partial charge in [0.05, 0.1) is 25.1 Å². The molecule has 0 saturated heterocycles. The van der Waals surface area contributed by atoms with Gasteiger partial charge in [0, 0.05) is 51.5 Å². The number of nitrogens with zero attached hydrogens (tertiary/aromatic N) is 7. The van der Waals surface area contributed by atoms with Crippen molar-refractivity contribution in [1.82, 2.24) is 34.6 Å². The van der Waals surface area contributed by atoms with Crippen LogP contribution in [0.5, 0.6) is 0 Å². The molecule has 0 bridgehead atoms. The molecule has 8 heteroatoms. The fourth-order valence-corrected chi connectivity index (χ4v) is 2.93. The van der Waals surface area contributed by atoms with Crippen molar-refractivity contribution in [3.63, 3.8) is 0 Å². The molecular weight excluding hydrogens is 306 g/mol. The van der Waals surface area contributed by atoms with Crippen LogP contribution in [0.1, 0.15) is 23.4 Å². The van der Waals surface area contributed by atoms with E-state index in [9.17, 15) is 0 Å². The second kappa shape index (κ2) is 7.87. The van der Waals surface area contributed by atoms with Crippen LogP contribution in [0.15, 0.2) is 12.4 Å². The quantitative estimate of drug-likeness (QED) is 0.688. The smallest absolute Gasteiger partial charge is 0.113 e. The van der Waals surface area contributed by atoms with E-state index < -0.39 is 0 Å². The van der Waals surface area contributed by atoms with E-state index in [0.717, 1.165) is 44.8 Å². The van der Waals surface area contributed by atoms with E-state index >= 15 is 0 Å². The highest BCUT2D eigenvalue weighted by Crippen LogP contribution is 2.17. The maximum Gasteiger partial charge on any atom is 0.113 e. The van der Waals surface area contributed by atoms with Crippen molar-refractivity contribution in [3.8, 4) is 0 Å². The number of ether oxygens (including phenoxy) is 1. The van der Waals surface area contributed by atoms with Gasteiger partial charge in [-0.25, -0.2) is 4.68 Å². The summed E-state index contributed by atoms with van der Waals surface area (Å²) in [7, 11) is 6.04. The SMILES string of the molecule is CN(C)CCOCc1nnn2c1CN(Cc1cnn(C)c1)CCC2. The summed E-state index contributed by atoms with van der Waals surface area (Å²) in [5.74, 6) is 0. The molecule has 3 heterocycles. The van der Waals surface area contributed by atoms with Gasteiger partial charge in [-0.2, -0.15) is 5.10 Å². The van der Waals surface area contributed by atoms with Crippen LogP contribution < -0.4 is 0 Å². The molecule has 8 nitrogen and oxygen atoms in total. The predicted molar refractivity (Wildman–Crippen MR) is 90.2 cm³/mol. The van der Waals surface area contributed by atoms with Gasteiger partial charge in [-0.3, -0.25) is 9.58 Å². The lowest BCUT2D eigenvalue weighted by Crippen LogP contribution is -2.23. The molecule has 3 rings (SSSR count). The topological polar surface area (TPSA) is 64.2 Å². The first-order valence-corrected chi connectivity index (χ1v) is 8.45. The Kier molecular flexibility index (Phi) is 5.60. The van der Waals surface area contributed by atoms with Gasteiger partial charge in [0.2, 0.25) is 0 Å². The molecule has 1 aliphatic rings. The molecule has 0 fully saturated rings. The molecule has 2 aromatic rings. The number of aryl methyl sites for hydroxylation is 2. The molecule has 0 atom stereocenters. The third-order valence-electron chi connectivity index (χ3n) is 4.22. The van der Waals surface area contributed by atoms with Crippen LogP contribution in [0.4, 0.5) is 0 Å². The Bertz CT molecular complexity index is 649. The molecule has 0 aromatic carbocycles. The minimum Gasteiger partial charge on any atom is -0.374 e.